The van der Waals surface area contributed by atoms with E-state index in [1.807, 2.05) is 75.4 Å². The fourth-order valence-corrected chi connectivity index (χ4v) is 7.31. The van der Waals surface area contributed by atoms with E-state index in [-0.39, 0.29) is 30.2 Å². The van der Waals surface area contributed by atoms with Crippen molar-refractivity contribution in [2.45, 2.75) is 76.7 Å². The number of aliphatic hydroxyl groups is 1. The first-order valence-electron chi connectivity index (χ1n) is 14.9. The summed E-state index contributed by atoms with van der Waals surface area (Å²) in [7, 11) is 0. The van der Waals surface area contributed by atoms with Crippen LogP contribution in [0.4, 0.5) is 5.69 Å². The molecule has 1 unspecified atom stereocenters. The Morgan fingerprint density at radius 1 is 0.975 bits per heavy atom. The molecule has 216 valence electrons. The first-order valence-corrected chi connectivity index (χ1v) is 14.9. The second-order valence-electron chi connectivity index (χ2n) is 11.7. The number of aliphatic hydroxyl groups excluding tert-OH is 1. The number of likely N-dealkylation sites (tertiary alicyclic amines) is 1. The van der Waals surface area contributed by atoms with Gasteiger partial charge in [-0.15, -0.1) is 0 Å². The molecule has 8 heteroatoms. The van der Waals surface area contributed by atoms with E-state index in [1.165, 1.54) is 0 Å². The zero-order valence-corrected chi connectivity index (χ0v) is 24.2. The molecule has 1 aromatic carbocycles. The Hall–Kier alpha value is -2.97. The zero-order valence-electron chi connectivity index (χ0n) is 24.2. The van der Waals surface area contributed by atoms with E-state index < -0.39 is 35.1 Å². The summed E-state index contributed by atoms with van der Waals surface area (Å²) >= 11 is 0. The lowest BCUT2D eigenvalue weighted by Crippen LogP contribution is -2.60. The summed E-state index contributed by atoms with van der Waals surface area (Å²) in [5, 5.41) is 10.6. The highest BCUT2D eigenvalue weighted by atomic mass is 16.5. The van der Waals surface area contributed by atoms with Crippen molar-refractivity contribution in [1.82, 2.24) is 9.80 Å². The van der Waals surface area contributed by atoms with Crippen molar-refractivity contribution in [1.29, 1.82) is 0 Å². The minimum Gasteiger partial charge on any atom is -0.394 e. The maximum absolute atomic E-state index is 14.7. The number of nitrogens with zero attached hydrogens (tertiary/aromatic N) is 3. The molecule has 8 nitrogen and oxygen atoms in total. The van der Waals surface area contributed by atoms with Gasteiger partial charge in [-0.05, 0) is 30.9 Å². The van der Waals surface area contributed by atoms with Gasteiger partial charge in [-0.25, -0.2) is 0 Å². The van der Waals surface area contributed by atoms with Crippen LogP contribution in [0.1, 0.15) is 53.4 Å². The highest BCUT2D eigenvalue weighted by Crippen LogP contribution is 2.59. The minimum atomic E-state index is -1.31. The number of carbonyl (C=O) groups excluding carboxylic acids is 3. The first kappa shape index (κ1) is 28.6. The Morgan fingerprint density at radius 3 is 2.35 bits per heavy atom. The molecule has 1 spiro atoms. The van der Waals surface area contributed by atoms with Crippen LogP contribution in [-0.2, 0) is 19.1 Å². The predicted molar refractivity (Wildman–Crippen MR) is 153 cm³/mol. The molecule has 0 radical (unpaired) electrons. The largest absolute Gasteiger partial charge is 0.394 e. The minimum absolute atomic E-state index is 0.0459. The summed E-state index contributed by atoms with van der Waals surface area (Å²) in [5.41, 5.74) is -1.58. The number of ether oxygens (including phenoxy) is 1. The van der Waals surface area contributed by atoms with Crippen LogP contribution >= 0.6 is 0 Å². The molecule has 7 atom stereocenters. The Morgan fingerprint density at radius 2 is 1.70 bits per heavy atom. The van der Waals surface area contributed by atoms with Crippen molar-refractivity contribution in [2.75, 3.05) is 31.1 Å². The first-order chi connectivity index (χ1) is 19.3. The van der Waals surface area contributed by atoms with E-state index in [0.29, 0.717) is 26.1 Å². The second-order valence-corrected chi connectivity index (χ2v) is 11.7. The Kier molecular flexibility index (Phi) is 7.94. The summed E-state index contributed by atoms with van der Waals surface area (Å²) in [4.78, 5) is 48.8. The highest BCUT2D eigenvalue weighted by Gasteiger charge is 2.76. The third kappa shape index (κ3) is 4.22. The molecule has 0 aromatic heterocycles. The molecule has 4 aliphatic rings. The molecule has 40 heavy (non-hydrogen) atoms. The quantitative estimate of drug-likeness (QED) is 0.476. The third-order valence-corrected chi connectivity index (χ3v) is 9.66. The molecular formula is C32H43N3O5. The van der Waals surface area contributed by atoms with E-state index in [2.05, 4.69) is 6.92 Å². The van der Waals surface area contributed by atoms with Gasteiger partial charge in [0, 0.05) is 25.3 Å². The van der Waals surface area contributed by atoms with Gasteiger partial charge in [-0.2, -0.15) is 0 Å². The maximum Gasteiger partial charge on any atom is 0.249 e. The number of anilines is 1. The number of carbonyl (C=O) groups is 3. The fraction of sp³-hybridized carbons (Fsp3) is 0.594. The van der Waals surface area contributed by atoms with Crippen molar-refractivity contribution in [3.63, 3.8) is 0 Å². The summed E-state index contributed by atoms with van der Waals surface area (Å²) in [6, 6.07) is 7.98. The van der Waals surface area contributed by atoms with E-state index in [9.17, 15) is 19.5 Å². The molecule has 0 bridgehead atoms. The van der Waals surface area contributed by atoms with E-state index in [0.717, 1.165) is 24.9 Å². The smallest absolute Gasteiger partial charge is 0.249 e. The van der Waals surface area contributed by atoms with Crippen LogP contribution in [-0.4, -0.2) is 82.2 Å². The second kappa shape index (κ2) is 11.1. The van der Waals surface area contributed by atoms with Gasteiger partial charge in [-0.3, -0.25) is 14.4 Å². The number of fused-ring (bicyclic) bond motifs is 2. The van der Waals surface area contributed by atoms with Gasteiger partial charge >= 0.3 is 0 Å². The van der Waals surface area contributed by atoms with Gasteiger partial charge in [0.15, 0.2) is 0 Å². The number of amides is 3. The summed E-state index contributed by atoms with van der Waals surface area (Å²) in [5.74, 6) is -2.37. The van der Waals surface area contributed by atoms with E-state index >= 15 is 0 Å². The number of benzene rings is 1. The van der Waals surface area contributed by atoms with Crippen LogP contribution < -0.4 is 4.90 Å². The Bertz CT molecular complexity index is 1180. The van der Waals surface area contributed by atoms with Crippen LogP contribution in [0.5, 0.6) is 0 Å². The fourth-order valence-electron chi connectivity index (χ4n) is 7.31. The van der Waals surface area contributed by atoms with Gasteiger partial charge in [-0.1, -0.05) is 83.0 Å². The lowest BCUT2D eigenvalue weighted by atomic mass is 9.73. The highest BCUT2D eigenvalue weighted by molar-refractivity contribution is 6.04. The van der Waals surface area contributed by atoms with Crippen molar-refractivity contribution in [2.24, 2.45) is 17.8 Å². The molecule has 2 saturated heterocycles. The molecule has 3 amide bonds. The lowest BCUT2D eigenvalue weighted by molar-refractivity contribution is -0.156. The van der Waals surface area contributed by atoms with Crippen LogP contribution in [0.2, 0.25) is 0 Å². The number of rotatable bonds is 9. The molecule has 0 aliphatic carbocycles. The lowest BCUT2D eigenvalue weighted by Gasteiger charge is -2.42. The molecular weight excluding hydrogens is 506 g/mol. The topological polar surface area (TPSA) is 90.4 Å². The summed E-state index contributed by atoms with van der Waals surface area (Å²) < 4.78 is 7.05. The summed E-state index contributed by atoms with van der Waals surface area (Å²) in [6.07, 6.45) is 10.7. The van der Waals surface area contributed by atoms with Crippen LogP contribution in [0.3, 0.4) is 0 Å². The predicted octanol–water partition coefficient (Wildman–Crippen LogP) is 3.56. The molecule has 4 aliphatic heterocycles. The Balaban J connectivity index is 1.68. The number of para-hydroxylation sites is 1. The molecule has 1 aromatic rings. The van der Waals surface area contributed by atoms with E-state index in [1.54, 1.807) is 14.7 Å². The average Bonchev–Trinajstić information content (AvgIpc) is 3.26. The van der Waals surface area contributed by atoms with Crippen LogP contribution in [0, 0.1) is 17.8 Å². The van der Waals surface area contributed by atoms with Crippen molar-refractivity contribution in [3.05, 3.63) is 54.6 Å². The van der Waals surface area contributed by atoms with Gasteiger partial charge in [0.2, 0.25) is 17.7 Å². The van der Waals surface area contributed by atoms with Gasteiger partial charge in [0.1, 0.15) is 11.6 Å². The van der Waals surface area contributed by atoms with Gasteiger partial charge in [0.25, 0.3) is 0 Å². The SMILES string of the molecule is CCCCN1CC=C[C@]23O[C@]4(CC)C=CCN(c5ccccc5)C(=O)[C@@H]4[C@H]2C(=O)N([C@@H](CO)[C@@H](C)CC)C3C1=O. The summed E-state index contributed by atoms with van der Waals surface area (Å²) in [6.45, 7) is 9.18. The zero-order chi connectivity index (χ0) is 28.7. The van der Waals surface area contributed by atoms with Crippen molar-refractivity contribution < 1.29 is 24.2 Å². The van der Waals surface area contributed by atoms with Crippen LogP contribution in [0.25, 0.3) is 0 Å². The molecule has 0 saturated carbocycles. The number of hydrogen-bond acceptors (Lipinski definition) is 5. The third-order valence-electron chi connectivity index (χ3n) is 9.66. The van der Waals surface area contributed by atoms with E-state index in [4.69, 9.17) is 4.74 Å². The maximum atomic E-state index is 14.7. The average molecular weight is 550 g/mol. The van der Waals surface area contributed by atoms with Crippen molar-refractivity contribution >= 4 is 23.4 Å². The number of unbranched alkanes of at least 4 members (excludes halogenated alkanes) is 1. The standard InChI is InChI=1S/C32H43N3O5/c1-5-8-18-33-19-13-17-32-26(29(38)35(27(32)30(33)39)24(21-36)22(4)6-2)25-28(37)34(23-14-10-9-11-15-23)20-12-16-31(25,7-3)40-32/h9-17,22,24-27,36H,5-8,18-21H2,1-4H3/t22-,24-,25-,26-,27?,31+,32-/m0/s1. The molecule has 4 heterocycles. The molecule has 5 rings (SSSR count). The molecule has 1 N–H and O–H groups in total. The van der Waals surface area contributed by atoms with Crippen LogP contribution in [0.15, 0.2) is 54.6 Å². The molecule has 2 fully saturated rings. The normalized spacial score (nSPS) is 33.0. The van der Waals surface area contributed by atoms with Gasteiger partial charge in [0.05, 0.1) is 30.1 Å². The van der Waals surface area contributed by atoms with Crippen molar-refractivity contribution in [3.8, 4) is 0 Å². The van der Waals surface area contributed by atoms with Gasteiger partial charge < -0.3 is 24.5 Å². The monoisotopic (exact) mass is 549 g/mol. The Labute approximate surface area is 237 Å². The number of hydrogen-bond donors (Lipinski definition) is 1.